The van der Waals surface area contributed by atoms with Gasteiger partial charge in [0.2, 0.25) is 0 Å². The van der Waals surface area contributed by atoms with Crippen molar-refractivity contribution < 1.29 is 9.53 Å². The van der Waals surface area contributed by atoms with Crippen LogP contribution in [-0.4, -0.2) is 24.8 Å². The fourth-order valence-corrected chi connectivity index (χ4v) is 3.07. The van der Waals surface area contributed by atoms with Gasteiger partial charge in [-0.25, -0.2) is 4.79 Å². The summed E-state index contributed by atoms with van der Waals surface area (Å²) in [4.78, 5) is 12.8. The Morgan fingerprint density at radius 2 is 1.92 bits per heavy atom. The van der Waals surface area contributed by atoms with Gasteiger partial charge in [0.05, 0.1) is 11.3 Å². The third-order valence-electron chi connectivity index (χ3n) is 4.15. The molecule has 1 atom stereocenters. The second-order valence-corrected chi connectivity index (χ2v) is 6.52. The minimum absolute atomic E-state index is 0.138. The van der Waals surface area contributed by atoms with E-state index in [1.807, 2.05) is 32.9 Å². The van der Waals surface area contributed by atoms with E-state index in [9.17, 15) is 4.79 Å². The van der Waals surface area contributed by atoms with Crippen LogP contribution in [-0.2, 0) is 11.2 Å². The molecule has 4 nitrogen and oxygen atoms in total. The van der Waals surface area contributed by atoms with Crippen LogP contribution in [0.4, 0.5) is 0 Å². The Morgan fingerprint density at radius 3 is 2.68 bits per heavy atom. The number of cyclic esters (lactones) is 1. The number of carbonyl (C=O) groups is 1. The van der Waals surface area contributed by atoms with Crippen molar-refractivity contribution in [3.05, 3.63) is 58.7 Å². The Hall–Kier alpha value is -2.36. The molecule has 25 heavy (non-hydrogen) atoms. The lowest BCUT2D eigenvalue weighted by atomic mass is 9.95. The summed E-state index contributed by atoms with van der Waals surface area (Å²) in [6, 6.07) is 4.08. The zero-order valence-electron chi connectivity index (χ0n) is 15.6. The number of nitrogens with one attached hydrogen (secondary N) is 1. The molecule has 2 rings (SSSR count). The first-order chi connectivity index (χ1) is 12.0. The van der Waals surface area contributed by atoms with Crippen LogP contribution in [0.25, 0.3) is 0 Å². The maximum Gasteiger partial charge on any atom is 0.338 e. The van der Waals surface area contributed by atoms with Crippen LogP contribution >= 0.6 is 0 Å². The summed E-state index contributed by atoms with van der Waals surface area (Å²) < 4.78 is 5.67. The lowest BCUT2D eigenvalue weighted by Gasteiger charge is -2.17. The smallest absolute Gasteiger partial charge is 0.338 e. The lowest BCUT2D eigenvalue weighted by Crippen LogP contribution is -2.19. The summed E-state index contributed by atoms with van der Waals surface area (Å²) in [5.41, 5.74) is 7.46. The van der Waals surface area contributed by atoms with E-state index in [0.29, 0.717) is 12.0 Å². The van der Waals surface area contributed by atoms with Gasteiger partial charge in [0.1, 0.15) is 6.10 Å². The standard InChI is InChI=1S/C21H28N2O2/c1-15-12-16(2)20-18(13-15)14-19(23-22-4)11-9-7-5-6-8-10-17(3)25-21(20)24/h6,8-9,11-13,17,22H,5,7,10,14H2,1-4H3/b8-6+,11-9?,23-19?. The van der Waals surface area contributed by atoms with E-state index < -0.39 is 0 Å². The Labute approximate surface area is 150 Å². The molecule has 0 aromatic heterocycles. The first kappa shape index (κ1) is 19.0. The molecule has 0 spiro atoms. The van der Waals surface area contributed by atoms with Crippen molar-refractivity contribution >= 4 is 11.7 Å². The number of allylic oxidation sites excluding steroid dienone is 3. The van der Waals surface area contributed by atoms with Crippen LogP contribution in [0.3, 0.4) is 0 Å². The van der Waals surface area contributed by atoms with Gasteiger partial charge in [-0.2, -0.15) is 5.10 Å². The van der Waals surface area contributed by atoms with Crippen molar-refractivity contribution in [2.45, 2.75) is 52.6 Å². The average Bonchev–Trinajstić information content (AvgIpc) is 2.52. The van der Waals surface area contributed by atoms with Gasteiger partial charge in [-0.05, 0) is 50.8 Å². The van der Waals surface area contributed by atoms with Crippen LogP contribution < -0.4 is 5.43 Å². The maximum absolute atomic E-state index is 12.8. The summed E-state index contributed by atoms with van der Waals surface area (Å²) in [5, 5.41) is 4.36. The number of benzene rings is 1. The molecular formula is C21H28N2O2. The molecule has 0 radical (unpaired) electrons. The van der Waals surface area contributed by atoms with Crippen LogP contribution in [0.15, 0.2) is 41.5 Å². The summed E-state index contributed by atoms with van der Waals surface area (Å²) in [6.45, 7) is 5.94. The third-order valence-corrected chi connectivity index (χ3v) is 4.15. The zero-order valence-corrected chi connectivity index (χ0v) is 15.6. The normalized spacial score (nSPS) is 22.0. The SMILES string of the molecule is CNN=C1C=CCC/C=C/CC(C)OC(=O)c2c(C)cc(C)cc2C1. The third kappa shape index (κ3) is 5.59. The highest BCUT2D eigenvalue weighted by Gasteiger charge is 2.19. The highest BCUT2D eigenvalue weighted by Crippen LogP contribution is 2.21. The molecule has 1 aliphatic rings. The van der Waals surface area contributed by atoms with E-state index in [0.717, 1.165) is 41.7 Å². The largest absolute Gasteiger partial charge is 0.459 e. The molecule has 0 amide bonds. The quantitative estimate of drug-likeness (QED) is 0.472. The van der Waals surface area contributed by atoms with E-state index in [1.165, 1.54) is 0 Å². The predicted molar refractivity (Wildman–Crippen MR) is 103 cm³/mol. The highest BCUT2D eigenvalue weighted by atomic mass is 16.5. The van der Waals surface area contributed by atoms with Crippen molar-refractivity contribution in [3.8, 4) is 0 Å². The number of hydrogen-bond acceptors (Lipinski definition) is 4. The van der Waals surface area contributed by atoms with Crippen molar-refractivity contribution in [1.82, 2.24) is 5.43 Å². The molecule has 1 aliphatic heterocycles. The molecule has 0 saturated heterocycles. The molecular weight excluding hydrogens is 312 g/mol. The number of esters is 1. The zero-order chi connectivity index (χ0) is 18.2. The molecule has 0 fully saturated rings. The van der Waals surface area contributed by atoms with Gasteiger partial charge in [-0.3, -0.25) is 0 Å². The number of aryl methyl sites for hydroxylation is 2. The second kappa shape index (κ2) is 9.21. The van der Waals surface area contributed by atoms with Crippen molar-refractivity contribution in [1.29, 1.82) is 0 Å². The number of nitrogens with zero attached hydrogens (tertiary/aromatic N) is 1. The highest BCUT2D eigenvalue weighted by molar-refractivity contribution is 6.00. The summed E-state index contributed by atoms with van der Waals surface area (Å²) >= 11 is 0. The minimum Gasteiger partial charge on any atom is -0.459 e. The number of fused-ring (bicyclic) bond motifs is 1. The van der Waals surface area contributed by atoms with Gasteiger partial charge >= 0.3 is 5.97 Å². The molecule has 1 unspecified atom stereocenters. The second-order valence-electron chi connectivity index (χ2n) is 6.52. The maximum atomic E-state index is 12.8. The molecule has 1 aromatic carbocycles. The van der Waals surface area contributed by atoms with Gasteiger partial charge in [0.25, 0.3) is 0 Å². The van der Waals surface area contributed by atoms with Crippen LogP contribution in [0, 0.1) is 13.8 Å². The molecule has 1 aromatic rings. The van der Waals surface area contributed by atoms with Crippen LogP contribution in [0.5, 0.6) is 0 Å². The Kier molecular flexibility index (Phi) is 6.99. The monoisotopic (exact) mass is 340 g/mol. The number of hydrogen-bond donors (Lipinski definition) is 1. The van der Waals surface area contributed by atoms with Crippen molar-refractivity contribution in [2.24, 2.45) is 5.10 Å². The molecule has 1 heterocycles. The molecule has 0 saturated carbocycles. The first-order valence-corrected chi connectivity index (χ1v) is 8.87. The first-order valence-electron chi connectivity index (χ1n) is 8.87. The van der Waals surface area contributed by atoms with Crippen molar-refractivity contribution in [2.75, 3.05) is 7.05 Å². The number of rotatable bonds is 1. The Balaban J connectivity index is 2.46. The van der Waals surface area contributed by atoms with E-state index in [1.54, 1.807) is 7.05 Å². The Bertz CT molecular complexity index is 702. The van der Waals surface area contributed by atoms with Crippen LogP contribution in [0.1, 0.15) is 53.2 Å². The Morgan fingerprint density at radius 1 is 1.16 bits per heavy atom. The molecule has 0 aliphatic carbocycles. The fraction of sp³-hybridized carbons (Fsp3) is 0.429. The lowest BCUT2D eigenvalue weighted by molar-refractivity contribution is 0.0346. The van der Waals surface area contributed by atoms with E-state index >= 15 is 0 Å². The van der Waals surface area contributed by atoms with E-state index in [4.69, 9.17) is 4.74 Å². The van der Waals surface area contributed by atoms with E-state index in [2.05, 4.69) is 34.8 Å². The number of hydrazone groups is 1. The van der Waals surface area contributed by atoms with Gasteiger partial charge in [0.15, 0.2) is 0 Å². The average molecular weight is 340 g/mol. The van der Waals surface area contributed by atoms with Crippen molar-refractivity contribution in [3.63, 3.8) is 0 Å². The minimum atomic E-state index is -0.252. The summed E-state index contributed by atoms with van der Waals surface area (Å²) in [6.07, 6.45) is 11.5. The topological polar surface area (TPSA) is 50.7 Å². The summed E-state index contributed by atoms with van der Waals surface area (Å²) in [7, 11) is 1.78. The summed E-state index contributed by atoms with van der Waals surface area (Å²) in [5.74, 6) is -0.252. The molecule has 0 bridgehead atoms. The molecule has 1 N–H and O–H groups in total. The van der Waals surface area contributed by atoms with Gasteiger partial charge in [0, 0.05) is 19.9 Å². The number of ether oxygens (including phenoxy) is 1. The molecule has 134 valence electrons. The van der Waals surface area contributed by atoms with E-state index in [-0.39, 0.29) is 12.1 Å². The fourth-order valence-electron chi connectivity index (χ4n) is 3.07. The van der Waals surface area contributed by atoms with Gasteiger partial charge < -0.3 is 10.2 Å². The van der Waals surface area contributed by atoms with Gasteiger partial charge in [-0.15, -0.1) is 0 Å². The molecule has 4 heteroatoms. The van der Waals surface area contributed by atoms with Gasteiger partial charge in [-0.1, -0.05) is 35.9 Å². The van der Waals surface area contributed by atoms with Crippen LogP contribution in [0.2, 0.25) is 0 Å². The number of carbonyl (C=O) groups excluding carboxylic acids is 1. The predicted octanol–water partition coefficient (Wildman–Crippen LogP) is 4.26.